The topological polar surface area (TPSA) is 94.2 Å². The number of fused-ring (bicyclic) bond motifs is 1. The molecule has 0 spiro atoms. The van der Waals surface area contributed by atoms with Gasteiger partial charge in [-0.3, -0.25) is 5.10 Å². The fourth-order valence-electron chi connectivity index (χ4n) is 2.48. The first-order chi connectivity index (χ1) is 12.1. The third-order valence-corrected chi connectivity index (χ3v) is 6.17. The van der Waals surface area contributed by atoms with Crippen LogP contribution in [-0.2, 0) is 15.6 Å². The largest absolute Gasteiger partial charge is 0.490 e. The average molecular weight is 377 g/mol. The highest BCUT2D eigenvalue weighted by molar-refractivity contribution is 7.90. The van der Waals surface area contributed by atoms with Gasteiger partial charge in [-0.2, -0.15) is 5.10 Å². The van der Waals surface area contributed by atoms with Crippen LogP contribution in [0.1, 0.15) is 12.2 Å². The van der Waals surface area contributed by atoms with Crippen molar-refractivity contribution in [2.75, 3.05) is 13.2 Å². The third kappa shape index (κ3) is 3.38. The van der Waals surface area contributed by atoms with Crippen LogP contribution in [0.3, 0.4) is 0 Å². The molecule has 0 fully saturated rings. The Labute approximate surface area is 148 Å². The first-order valence-electron chi connectivity index (χ1n) is 7.69. The van der Waals surface area contributed by atoms with Crippen LogP contribution in [0, 0.1) is 0 Å². The van der Waals surface area contributed by atoms with Gasteiger partial charge in [-0.1, -0.05) is 6.07 Å². The second-order valence-electron chi connectivity index (χ2n) is 5.50. The summed E-state index contributed by atoms with van der Waals surface area (Å²) in [6.07, 6.45) is 0.764. The van der Waals surface area contributed by atoms with Gasteiger partial charge in [-0.05, 0) is 23.6 Å². The molecule has 0 unspecified atom stereocenters. The van der Waals surface area contributed by atoms with Crippen molar-refractivity contribution < 1.29 is 17.9 Å². The molecule has 0 bridgehead atoms. The van der Waals surface area contributed by atoms with Crippen molar-refractivity contribution in [3.63, 3.8) is 0 Å². The molecule has 25 heavy (non-hydrogen) atoms. The van der Waals surface area contributed by atoms with E-state index in [1.54, 1.807) is 6.07 Å². The highest BCUT2D eigenvalue weighted by Gasteiger charge is 2.21. The predicted molar refractivity (Wildman–Crippen MR) is 92.6 cm³/mol. The maximum Gasteiger partial charge on any atom is 0.191 e. The molecule has 1 aliphatic heterocycles. The normalized spacial score (nSPS) is 14.2. The summed E-state index contributed by atoms with van der Waals surface area (Å²) < 4.78 is 36.5. The lowest BCUT2D eigenvalue weighted by Gasteiger charge is -2.09. The Morgan fingerprint density at radius 1 is 1.16 bits per heavy atom. The van der Waals surface area contributed by atoms with Gasteiger partial charge in [-0.25, -0.2) is 13.4 Å². The number of aromatic nitrogens is 3. The smallest absolute Gasteiger partial charge is 0.191 e. The number of nitrogens with one attached hydrogen (secondary N) is 1. The standard InChI is InChI=1S/C16H15N3O4S2/c20-25(21,10-15-17-16(19-18-15)14-3-1-8-24-14)11-4-5-12-13(9-11)23-7-2-6-22-12/h1,3-5,8-9H,2,6-7,10H2,(H,17,18,19). The predicted octanol–water partition coefficient (Wildman–Crippen LogP) is 2.67. The van der Waals surface area contributed by atoms with Crippen molar-refractivity contribution in [2.45, 2.75) is 17.1 Å². The molecule has 7 nitrogen and oxygen atoms in total. The Kier molecular flexibility index (Phi) is 4.18. The van der Waals surface area contributed by atoms with Crippen LogP contribution in [0.5, 0.6) is 11.5 Å². The zero-order valence-corrected chi connectivity index (χ0v) is 14.8. The van der Waals surface area contributed by atoms with Gasteiger partial charge in [0.25, 0.3) is 0 Å². The van der Waals surface area contributed by atoms with Gasteiger partial charge < -0.3 is 9.47 Å². The number of benzene rings is 1. The number of hydrogen-bond acceptors (Lipinski definition) is 7. The van der Waals surface area contributed by atoms with E-state index >= 15 is 0 Å². The second kappa shape index (κ2) is 6.49. The van der Waals surface area contributed by atoms with Gasteiger partial charge in [0.05, 0.1) is 23.0 Å². The van der Waals surface area contributed by atoms with Gasteiger partial charge in [0.15, 0.2) is 27.2 Å². The Morgan fingerprint density at radius 2 is 2.00 bits per heavy atom. The number of ether oxygens (including phenoxy) is 2. The van der Waals surface area contributed by atoms with Crippen molar-refractivity contribution in [2.24, 2.45) is 0 Å². The van der Waals surface area contributed by atoms with Crippen molar-refractivity contribution in [3.8, 4) is 22.2 Å². The lowest BCUT2D eigenvalue weighted by molar-refractivity contribution is 0.297. The summed E-state index contributed by atoms with van der Waals surface area (Å²) >= 11 is 1.50. The lowest BCUT2D eigenvalue weighted by Crippen LogP contribution is -2.07. The Hall–Kier alpha value is -2.39. The summed E-state index contributed by atoms with van der Waals surface area (Å²) in [6.45, 7) is 1.06. The molecule has 0 saturated heterocycles. The number of thiophene rings is 1. The number of hydrogen-bond donors (Lipinski definition) is 1. The molecule has 2 aromatic heterocycles. The van der Waals surface area contributed by atoms with Gasteiger partial charge in [-0.15, -0.1) is 11.3 Å². The number of H-pyrrole nitrogens is 1. The maximum absolute atomic E-state index is 12.7. The van der Waals surface area contributed by atoms with Gasteiger partial charge in [0.1, 0.15) is 11.6 Å². The van der Waals surface area contributed by atoms with Crippen LogP contribution in [0.15, 0.2) is 40.6 Å². The molecule has 0 amide bonds. The van der Waals surface area contributed by atoms with Crippen molar-refractivity contribution in [3.05, 3.63) is 41.5 Å². The minimum Gasteiger partial charge on any atom is -0.490 e. The van der Waals surface area contributed by atoms with E-state index in [9.17, 15) is 8.42 Å². The van der Waals surface area contributed by atoms with E-state index in [1.165, 1.54) is 23.5 Å². The minimum atomic E-state index is -3.58. The molecule has 0 aliphatic carbocycles. The first kappa shape index (κ1) is 16.1. The van der Waals surface area contributed by atoms with Crippen LogP contribution in [0.25, 0.3) is 10.7 Å². The van der Waals surface area contributed by atoms with Crippen LogP contribution in [0.4, 0.5) is 0 Å². The van der Waals surface area contributed by atoms with E-state index in [0.29, 0.717) is 36.4 Å². The average Bonchev–Trinajstić information content (AvgIpc) is 3.21. The number of rotatable bonds is 4. The molecule has 3 heterocycles. The molecule has 1 aromatic carbocycles. The second-order valence-corrected chi connectivity index (χ2v) is 8.44. The molecule has 0 saturated carbocycles. The lowest BCUT2D eigenvalue weighted by atomic mass is 10.3. The minimum absolute atomic E-state index is 0.172. The van der Waals surface area contributed by atoms with Gasteiger partial charge in [0.2, 0.25) is 0 Å². The number of aromatic amines is 1. The molecule has 0 atom stereocenters. The summed E-state index contributed by atoms with van der Waals surface area (Å²) in [5, 5.41) is 8.70. The summed E-state index contributed by atoms with van der Waals surface area (Å²) in [4.78, 5) is 5.33. The summed E-state index contributed by atoms with van der Waals surface area (Å²) in [7, 11) is -3.58. The molecule has 3 aromatic rings. The van der Waals surface area contributed by atoms with E-state index in [-0.39, 0.29) is 10.6 Å². The fraction of sp³-hybridized carbons (Fsp3) is 0.250. The Balaban J connectivity index is 1.59. The fourth-order valence-corrected chi connectivity index (χ4v) is 4.35. The van der Waals surface area contributed by atoms with Crippen LogP contribution < -0.4 is 9.47 Å². The SMILES string of the molecule is O=S(=O)(Cc1nc(-c2cccs2)n[nH]1)c1ccc2c(c1)OCCCO2. The van der Waals surface area contributed by atoms with Crippen molar-refractivity contribution in [1.29, 1.82) is 0 Å². The Bertz CT molecular complexity index is 981. The molecule has 4 rings (SSSR count). The highest BCUT2D eigenvalue weighted by atomic mass is 32.2. The van der Waals surface area contributed by atoms with Crippen LogP contribution >= 0.6 is 11.3 Å². The molecular formula is C16H15N3O4S2. The summed E-state index contributed by atoms with van der Waals surface area (Å²) in [5.41, 5.74) is 0. The molecule has 1 N–H and O–H groups in total. The quantitative estimate of drug-likeness (QED) is 0.751. The maximum atomic E-state index is 12.7. The first-order valence-corrected chi connectivity index (χ1v) is 10.2. The highest BCUT2D eigenvalue weighted by Crippen LogP contribution is 2.32. The van der Waals surface area contributed by atoms with E-state index in [0.717, 1.165) is 11.3 Å². The molecular weight excluding hydrogens is 362 g/mol. The number of nitrogens with zero attached hydrogens (tertiary/aromatic N) is 2. The van der Waals surface area contributed by atoms with Gasteiger partial charge >= 0.3 is 0 Å². The Morgan fingerprint density at radius 3 is 2.80 bits per heavy atom. The molecule has 1 aliphatic rings. The summed E-state index contributed by atoms with van der Waals surface area (Å²) in [5.74, 6) is 1.56. The third-order valence-electron chi connectivity index (χ3n) is 3.68. The monoisotopic (exact) mass is 377 g/mol. The zero-order chi connectivity index (χ0) is 17.3. The zero-order valence-electron chi connectivity index (χ0n) is 13.1. The molecule has 130 valence electrons. The van der Waals surface area contributed by atoms with Crippen molar-refractivity contribution in [1.82, 2.24) is 15.2 Å². The molecule has 9 heteroatoms. The van der Waals surface area contributed by atoms with E-state index in [4.69, 9.17) is 9.47 Å². The van der Waals surface area contributed by atoms with E-state index in [1.807, 2.05) is 17.5 Å². The number of sulfone groups is 1. The van der Waals surface area contributed by atoms with Crippen molar-refractivity contribution >= 4 is 21.2 Å². The van der Waals surface area contributed by atoms with Crippen LogP contribution in [-0.4, -0.2) is 36.8 Å². The molecule has 0 radical (unpaired) electrons. The van der Waals surface area contributed by atoms with E-state index in [2.05, 4.69) is 15.2 Å². The van der Waals surface area contributed by atoms with E-state index < -0.39 is 9.84 Å². The van der Waals surface area contributed by atoms with Gasteiger partial charge in [0, 0.05) is 12.5 Å². The van der Waals surface area contributed by atoms with Crippen LogP contribution in [0.2, 0.25) is 0 Å². The summed E-state index contributed by atoms with van der Waals surface area (Å²) in [6, 6.07) is 8.44.